The van der Waals surface area contributed by atoms with E-state index in [4.69, 9.17) is 90.1 Å². The SMILES string of the molecule is [B]C([B])(NC([B])([B])C1(F)C([B])([B])CN(C(=O)c2ccc(F)c(Cl)c2)C([B])([B])C1([B])[B])c1ncc(C)cn1. The van der Waals surface area contributed by atoms with Crippen molar-refractivity contribution in [2.45, 2.75) is 39.0 Å². The second-order valence-electron chi connectivity index (χ2n) is 9.36. The van der Waals surface area contributed by atoms with Crippen LogP contribution >= 0.6 is 11.6 Å². The number of aromatic nitrogens is 2. The Hall–Kier alpha value is -1.47. The highest BCUT2D eigenvalue weighted by molar-refractivity contribution is 6.59. The van der Waals surface area contributed by atoms with Gasteiger partial charge in [-0.3, -0.25) is 4.79 Å². The summed E-state index contributed by atoms with van der Waals surface area (Å²) < 4.78 is 30.7. The molecule has 0 bridgehead atoms. The molecule has 1 aliphatic rings. The summed E-state index contributed by atoms with van der Waals surface area (Å²) in [4.78, 5) is 21.8. The van der Waals surface area contributed by atoms with Crippen molar-refractivity contribution in [1.82, 2.24) is 20.2 Å². The fourth-order valence-electron chi connectivity index (χ4n) is 4.23. The predicted molar refractivity (Wildman–Crippen MR) is 146 cm³/mol. The lowest BCUT2D eigenvalue weighted by atomic mass is 9.17. The average Bonchev–Trinajstić information content (AvgIpc) is 2.76. The van der Waals surface area contributed by atoms with Gasteiger partial charge in [-0.15, -0.1) is 0 Å². The highest BCUT2D eigenvalue weighted by Gasteiger charge is 2.69. The summed E-state index contributed by atoms with van der Waals surface area (Å²) in [5, 5.41) is -12.0. The zero-order valence-electron chi connectivity index (χ0n) is 19.8. The molecule has 0 spiro atoms. The summed E-state index contributed by atoms with van der Waals surface area (Å²) in [7, 11) is 61.1. The molecule has 164 valence electrons. The number of halogens is 3. The van der Waals surface area contributed by atoms with Crippen LogP contribution in [-0.4, -0.2) is 122 Å². The van der Waals surface area contributed by atoms with Gasteiger partial charge in [-0.2, -0.15) is 0 Å². The summed E-state index contributed by atoms with van der Waals surface area (Å²) in [6.45, 7) is 0.756. The minimum Gasteiger partial charge on any atom is -0.352 e. The van der Waals surface area contributed by atoms with Gasteiger partial charge in [0, 0.05) is 24.5 Å². The van der Waals surface area contributed by atoms with Crippen LogP contribution in [-0.2, 0) is 5.34 Å². The van der Waals surface area contributed by atoms with E-state index >= 15 is 4.39 Å². The Morgan fingerprint density at radius 1 is 1.08 bits per heavy atom. The first-order chi connectivity index (χ1) is 16.6. The first-order valence-electron chi connectivity index (χ1n) is 10.6. The molecule has 37 heavy (non-hydrogen) atoms. The third-order valence-electron chi connectivity index (χ3n) is 6.29. The Labute approximate surface area is 233 Å². The van der Waals surface area contributed by atoms with E-state index in [0.29, 0.717) is 10.5 Å². The van der Waals surface area contributed by atoms with Gasteiger partial charge in [0.2, 0.25) is 0 Å². The van der Waals surface area contributed by atoms with Gasteiger partial charge in [0.05, 0.1) is 89.2 Å². The predicted octanol–water partition coefficient (Wildman–Crippen LogP) is -1.63. The van der Waals surface area contributed by atoms with E-state index in [1.165, 1.54) is 12.4 Å². The maximum absolute atomic E-state index is 17.1. The van der Waals surface area contributed by atoms with Gasteiger partial charge in [0.25, 0.3) is 5.91 Å². The minimum atomic E-state index is -3.55. The topological polar surface area (TPSA) is 58.1 Å². The molecule has 3 rings (SSSR count). The van der Waals surface area contributed by atoms with E-state index in [-0.39, 0.29) is 11.4 Å². The number of amides is 1. The van der Waals surface area contributed by atoms with Crippen LogP contribution in [0.3, 0.4) is 0 Å². The van der Waals surface area contributed by atoms with Crippen LogP contribution in [0.25, 0.3) is 0 Å². The van der Waals surface area contributed by atoms with Crippen molar-refractivity contribution >= 4 is 96.0 Å². The van der Waals surface area contributed by atoms with Gasteiger partial charge in [0.1, 0.15) is 11.6 Å². The Bertz CT molecular complexity index is 1220. The summed E-state index contributed by atoms with van der Waals surface area (Å²) in [6.07, 6.45) is 2.75. The summed E-state index contributed by atoms with van der Waals surface area (Å²) in [5.74, 6) is -2.08. The molecule has 0 aliphatic carbocycles. The second kappa shape index (κ2) is 9.32. The Balaban J connectivity index is 2.08. The van der Waals surface area contributed by atoms with Gasteiger partial charge >= 0.3 is 0 Å². The first kappa shape index (κ1) is 30.1. The van der Waals surface area contributed by atoms with E-state index in [1.54, 1.807) is 6.92 Å². The molecule has 1 N–H and O–H groups in total. The van der Waals surface area contributed by atoms with E-state index in [1.807, 2.05) is 0 Å². The van der Waals surface area contributed by atoms with Crippen LogP contribution < -0.4 is 5.32 Å². The lowest BCUT2D eigenvalue weighted by Gasteiger charge is -2.73. The van der Waals surface area contributed by atoms with Crippen LogP contribution in [0, 0.1) is 12.7 Å². The lowest BCUT2D eigenvalue weighted by molar-refractivity contribution is -0.0149. The Morgan fingerprint density at radius 3 is 2.14 bits per heavy atom. The minimum absolute atomic E-state index is 0.214. The van der Waals surface area contributed by atoms with Crippen molar-refractivity contribution in [2.24, 2.45) is 0 Å². The van der Waals surface area contributed by atoms with Crippen LogP contribution in [0.1, 0.15) is 21.7 Å². The number of carbonyl (C=O) groups excluding carboxylic acids is 1. The lowest BCUT2D eigenvalue weighted by Crippen LogP contribution is -2.84. The van der Waals surface area contributed by atoms with Crippen molar-refractivity contribution in [3.05, 3.63) is 58.4 Å². The van der Waals surface area contributed by atoms with Gasteiger partial charge in [-0.25, -0.2) is 18.7 Å². The number of hydrogen-bond donors (Lipinski definition) is 1. The van der Waals surface area contributed by atoms with E-state index in [9.17, 15) is 9.18 Å². The van der Waals surface area contributed by atoms with Gasteiger partial charge in [0.15, 0.2) is 0 Å². The fourth-order valence-corrected chi connectivity index (χ4v) is 4.41. The Kier molecular flexibility index (Phi) is 7.58. The molecule has 2 heterocycles. The van der Waals surface area contributed by atoms with Crippen molar-refractivity contribution in [3.8, 4) is 0 Å². The maximum Gasteiger partial charge on any atom is 0.252 e. The smallest absolute Gasteiger partial charge is 0.252 e. The fraction of sp³-hybridized carbons (Fsp3) is 0.421. The number of benzene rings is 1. The average molecular weight is 493 g/mol. The summed E-state index contributed by atoms with van der Waals surface area (Å²) >= 11 is 5.76. The quantitative estimate of drug-likeness (QED) is 0.509. The first-order valence-corrected chi connectivity index (χ1v) is 10.9. The highest BCUT2D eigenvalue weighted by atomic mass is 35.5. The third-order valence-corrected chi connectivity index (χ3v) is 6.58. The number of piperidine rings is 1. The maximum atomic E-state index is 17.1. The molecule has 1 atom stereocenters. The van der Waals surface area contributed by atoms with Crippen LogP contribution in [0.5, 0.6) is 0 Å². The number of rotatable bonds is 5. The van der Waals surface area contributed by atoms with Crippen molar-refractivity contribution in [3.63, 3.8) is 0 Å². The van der Waals surface area contributed by atoms with Gasteiger partial charge < -0.3 is 10.2 Å². The van der Waals surface area contributed by atoms with Crippen LogP contribution in [0.15, 0.2) is 30.6 Å². The largest absolute Gasteiger partial charge is 0.352 e. The molecule has 1 amide bonds. The molecular formula is C19H11B10ClF2N4O. The molecule has 0 saturated carbocycles. The molecule has 20 radical (unpaired) electrons. The third kappa shape index (κ3) is 4.66. The summed E-state index contributed by atoms with van der Waals surface area (Å²) in [5.41, 5.74) is -3.11. The number of carbonyl (C=O) groups is 1. The molecule has 1 aromatic heterocycles. The van der Waals surface area contributed by atoms with Crippen LogP contribution in [0.4, 0.5) is 8.78 Å². The molecule has 1 aliphatic heterocycles. The molecule has 1 aromatic carbocycles. The standard InChI is InChI=1S/C19H11B10ClF2N4O/c1-8-5-33-13(34-6-8)15(22,23)35-18(26,27)16(32)14(20,21)7-36(19(28,29)17(16,24)25)12(37)9-2-3-11(31)10(30)4-9/h2-6,35H,7H2,1H3. The van der Waals surface area contributed by atoms with Gasteiger partial charge in [-0.05, 0) is 46.7 Å². The number of aryl methyl sites for hydroxylation is 1. The van der Waals surface area contributed by atoms with E-state index in [0.717, 1.165) is 18.2 Å². The second-order valence-corrected chi connectivity index (χ2v) is 9.77. The summed E-state index contributed by atoms with van der Waals surface area (Å²) in [6, 6.07) is 2.96. The van der Waals surface area contributed by atoms with Crippen LogP contribution in [0.2, 0.25) is 15.5 Å². The van der Waals surface area contributed by atoms with E-state index < -0.39 is 55.4 Å². The zero-order chi connectivity index (χ0) is 28.4. The number of nitrogens with one attached hydrogen (secondary N) is 1. The normalized spacial score (nSPS) is 22.9. The number of alkyl halides is 1. The van der Waals surface area contributed by atoms with E-state index in [2.05, 4.69) is 15.3 Å². The molecule has 5 nitrogen and oxygen atoms in total. The number of nitrogens with zero attached hydrogens (tertiary/aromatic N) is 3. The molecule has 18 heteroatoms. The molecule has 1 fully saturated rings. The highest BCUT2D eigenvalue weighted by Crippen LogP contribution is 2.63. The van der Waals surface area contributed by atoms with Crippen molar-refractivity contribution in [2.75, 3.05) is 6.54 Å². The number of likely N-dealkylation sites (tertiary alicyclic amines) is 1. The molecule has 2 aromatic rings. The van der Waals surface area contributed by atoms with Crippen molar-refractivity contribution < 1.29 is 13.6 Å². The molecule has 1 saturated heterocycles. The van der Waals surface area contributed by atoms with Gasteiger partial charge in [-0.1, -0.05) is 22.0 Å². The monoisotopic (exact) mass is 494 g/mol. The Morgan fingerprint density at radius 2 is 1.62 bits per heavy atom. The van der Waals surface area contributed by atoms with Crippen molar-refractivity contribution in [1.29, 1.82) is 0 Å². The molecular weight excluding hydrogens is 482 g/mol. The molecule has 1 unspecified atom stereocenters. The number of hydrogen-bond acceptors (Lipinski definition) is 4. The zero-order valence-corrected chi connectivity index (χ0v) is 20.5.